The van der Waals surface area contributed by atoms with Gasteiger partial charge in [-0.1, -0.05) is 6.92 Å². The predicted octanol–water partition coefficient (Wildman–Crippen LogP) is 1.15. The maximum atomic E-state index is 6.01. The first-order chi connectivity index (χ1) is 8.58. The molecule has 0 aromatic rings. The van der Waals surface area contributed by atoms with Crippen LogP contribution in [0.4, 0.5) is 0 Å². The molecular formula is C14H31N3O. The first kappa shape index (κ1) is 15.9. The second-order valence-corrected chi connectivity index (χ2v) is 5.70. The van der Waals surface area contributed by atoms with Crippen molar-refractivity contribution in [1.29, 1.82) is 0 Å². The minimum atomic E-state index is 0.332. The summed E-state index contributed by atoms with van der Waals surface area (Å²) in [5.74, 6) is 0. The number of nitrogens with zero attached hydrogens (tertiary/aromatic N) is 2. The largest absolute Gasteiger partial charge is 0.374 e. The molecule has 2 N–H and O–H groups in total. The zero-order valence-electron chi connectivity index (χ0n) is 12.6. The monoisotopic (exact) mass is 257 g/mol. The fourth-order valence-corrected chi connectivity index (χ4v) is 2.71. The lowest BCUT2D eigenvalue weighted by Crippen LogP contribution is -2.50. The number of ether oxygens (including phenoxy) is 1. The van der Waals surface area contributed by atoms with E-state index in [1.807, 2.05) is 0 Å². The molecule has 1 heterocycles. The summed E-state index contributed by atoms with van der Waals surface area (Å²) in [6.07, 6.45) is 4.24. The Bertz CT molecular complexity index is 223. The van der Waals surface area contributed by atoms with Gasteiger partial charge in [0.25, 0.3) is 0 Å². The van der Waals surface area contributed by atoms with Crippen LogP contribution >= 0.6 is 0 Å². The summed E-state index contributed by atoms with van der Waals surface area (Å²) < 4.78 is 6.01. The molecule has 0 spiro atoms. The third kappa shape index (κ3) is 4.84. The molecule has 0 saturated carbocycles. The molecule has 1 aliphatic rings. The zero-order chi connectivity index (χ0) is 13.5. The van der Waals surface area contributed by atoms with Gasteiger partial charge in [-0.15, -0.1) is 0 Å². The highest BCUT2D eigenvalue weighted by molar-refractivity contribution is 4.86. The number of nitrogens with two attached hydrogens (primary N) is 1. The molecule has 1 rings (SSSR count). The van der Waals surface area contributed by atoms with Crippen LogP contribution in [0.5, 0.6) is 0 Å². The van der Waals surface area contributed by atoms with Crippen molar-refractivity contribution in [3.05, 3.63) is 0 Å². The van der Waals surface area contributed by atoms with Gasteiger partial charge in [-0.05, 0) is 46.8 Å². The van der Waals surface area contributed by atoms with Crippen molar-refractivity contribution in [2.45, 2.75) is 51.4 Å². The van der Waals surface area contributed by atoms with Crippen LogP contribution in [0.15, 0.2) is 0 Å². The van der Waals surface area contributed by atoms with Crippen molar-refractivity contribution in [3.63, 3.8) is 0 Å². The summed E-state index contributed by atoms with van der Waals surface area (Å²) in [7, 11) is 4.24. The van der Waals surface area contributed by atoms with Crippen LogP contribution in [0.3, 0.4) is 0 Å². The van der Waals surface area contributed by atoms with E-state index in [1.54, 1.807) is 0 Å². The molecule has 3 atom stereocenters. The van der Waals surface area contributed by atoms with Crippen molar-refractivity contribution in [2.24, 2.45) is 5.73 Å². The number of rotatable bonds is 8. The lowest BCUT2D eigenvalue weighted by Gasteiger charge is -2.35. The van der Waals surface area contributed by atoms with Crippen molar-refractivity contribution >= 4 is 0 Å². The molecule has 0 amide bonds. The summed E-state index contributed by atoms with van der Waals surface area (Å²) in [6.45, 7) is 8.37. The standard InChI is InChI=1S/C14H31N3O/c1-5-8-17(10-9-16(3)4)13(11-15)14-7-6-12(2)18-14/h12-14H,5-11,15H2,1-4H3. The lowest BCUT2D eigenvalue weighted by molar-refractivity contribution is -0.00571. The van der Waals surface area contributed by atoms with Gasteiger partial charge in [0, 0.05) is 25.7 Å². The van der Waals surface area contributed by atoms with E-state index in [1.165, 1.54) is 12.8 Å². The van der Waals surface area contributed by atoms with Crippen LogP contribution in [0.2, 0.25) is 0 Å². The van der Waals surface area contributed by atoms with Crippen LogP contribution in [0, 0.1) is 0 Å². The summed E-state index contributed by atoms with van der Waals surface area (Å²) in [4.78, 5) is 4.75. The summed E-state index contributed by atoms with van der Waals surface area (Å²) >= 11 is 0. The fraction of sp³-hybridized carbons (Fsp3) is 1.00. The molecule has 108 valence electrons. The van der Waals surface area contributed by atoms with E-state index >= 15 is 0 Å². The summed E-state index contributed by atoms with van der Waals surface area (Å²) in [6, 6.07) is 0.384. The Morgan fingerprint density at radius 3 is 2.39 bits per heavy atom. The highest BCUT2D eigenvalue weighted by Gasteiger charge is 2.32. The van der Waals surface area contributed by atoms with Gasteiger partial charge < -0.3 is 15.4 Å². The Morgan fingerprint density at radius 2 is 1.94 bits per heavy atom. The zero-order valence-corrected chi connectivity index (χ0v) is 12.6. The molecule has 1 aliphatic heterocycles. The smallest absolute Gasteiger partial charge is 0.0747 e. The molecule has 3 unspecified atom stereocenters. The molecule has 0 aromatic carbocycles. The van der Waals surface area contributed by atoms with Gasteiger partial charge in [-0.2, -0.15) is 0 Å². The number of likely N-dealkylation sites (N-methyl/N-ethyl adjacent to an activating group) is 1. The third-order valence-corrected chi connectivity index (χ3v) is 3.75. The Balaban J connectivity index is 2.55. The van der Waals surface area contributed by atoms with E-state index in [4.69, 9.17) is 10.5 Å². The molecule has 0 aromatic heterocycles. The Morgan fingerprint density at radius 1 is 1.22 bits per heavy atom. The average Bonchev–Trinajstić information content (AvgIpc) is 2.73. The Kier molecular flexibility index (Phi) is 7.15. The van der Waals surface area contributed by atoms with Gasteiger partial charge >= 0.3 is 0 Å². The second kappa shape index (κ2) is 8.10. The van der Waals surface area contributed by atoms with Crippen LogP contribution in [0.1, 0.15) is 33.1 Å². The lowest BCUT2D eigenvalue weighted by atomic mass is 10.1. The van der Waals surface area contributed by atoms with E-state index in [2.05, 4.69) is 37.7 Å². The van der Waals surface area contributed by atoms with Gasteiger partial charge in [-0.3, -0.25) is 4.90 Å². The van der Waals surface area contributed by atoms with E-state index in [9.17, 15) is 0 Å². The van der Waals surface area contributed by atoms with Crippen LogP contribution in [-0.2, 0) is 4.74 Å². The first-order valence-corrected chi connectivity index (χ1v) is 7.32. The topological polar surface area (TPSA) is 41.7 Å². The van der Waals surface area contributed by atoms with Gasteiger partial charge in [0.05, 0.1) is 12.2 Å². The maximum absolute atomic E-state index is 6.01. The van der Waals surface area contributed by atoms with Crippen LogP contribution < -0.4 is 5.73 Å². The molecule has 1 saturated heterocycles. The van der Waals surface area contributed by atoms with Gasteiger partial charge in [-0.25, -0.2) is 0 Å². The predicted molar refractivity (Wildman–Crippen MR) is 76.8 cm³/mol. The molecule has 4 nitrogen and oxygen atoms in total. The van der Waals surface area contributed by atoms with Gasteiger partial charge in [0.15, 0.2) is 0 Å². The molecule has 4 heteroatoms. The fourth-order valence-electron chi connectivity index (χ4n) is 2.71. The van der Waals surface area contributed by atoms with Crippen molar-refractivity contribution in [3.8, 4) is 0 Å². The van der Waals surface area contributed by atoms with E-state index in [0.717, 1.165) is 26.1 Å². The third-order valence-electron chi connectivity index (χ3n) is 3.75. The highest BCUT2D eigenvalue weighted by atomic mass is 16.5. The molecule has 18 heavy (non-hydrogen) atoms. The SMILES string of the molecule is CCCN(CCN(C)C)C(CN)C1CCC(C)O1. The minimum absolute atomic E-state index is 0.332. The minimum Gasteiger partial charge on any atom is -0.374 e. The number of hydrogen-bond acceptors (Lipinski definition) is 4. The van der Waals surface area contributed by atoms with Crippen molar-refractivity contribution in [1.82, 2.24) is 9.80 Å². The Hall–Kier alpha value is -0.160. The Labute approximate surface area is 112 Å². The normalized spacial score (nSPS) is 26.2. The van der Waals surface area contributed by atoms with Gasteiger partial charge in [0.2, 0.25) is 0 Å². The molecule has 1 fully saturated rings. The number of hydrogen-bond donors (Lipinski definition) is 1. The van der Waals surface area contributed by atoms with E-state index in [-0.39, 0.29) is 0 Å². The molecule has 0 bridgehead atoms. The van der Waals surface area contributed by atoms with Crippen molar-refractivity contribution < 1.29 is 4.74 Å². The average molecular weight is 257 g/mol. The van der Waals surface area contributed by atoms with Crippen LogP contribution in [0.25, 0.3) is 0 Å². The highest BCUT2D eigenvalue weighted by Crippen LogP contribution is 2.24. The van der Waals surface area contributed by atoms with E-state index < -0.39 is 0 Å². The quantitative estimate of drug-likeness (QED) is 0.708. The molecule has 0 aliphatic carbocycles. The first-order valence-electron chi connectivity index (χ1n) is 7.32. The van der Waals surface area contributed by atoms with E-state index in [0.29, 0.717) is 24.8 Å². The van der Waals surface area contributed by atoms with Crippen molar-refractivity contribution in [2.75, 3.05) is 40.3 Å². The second-order valence-electron chi connectivity index (χ2n) is 5.70. The molecule has 0 radical (unpaired) electrons. The maximum Gasteiger partial charge on any atom is 0.0747 e. The van der Waals surface area contributed by atoms with Crippen LogP contribution in [-0.4, -0.2) is 68.3 Å². The summed E-state index contributed by atoms with van der Waals surface area (Å²) in [5, 5.41) is 0. The summed E-state index contributed by atoms with van der Waals surface area (Å²) in [5.41, 5.74) is 6.00. The van der Waals surface area contributed by atoms with Gasteiger partial charge in [0.1, 0.15) is 0 Å². The molecular weight excluding hydrogens is 226 g/mol.